The lowest BCUT2D eigenvalue weighted by Crippen LogP contribution is -2.53. The van der Waals surface area contributed by atoms with Gasteiger partial charge in [0.25, 0.3) is 5.91 Å². The number of amides is 1. The third-order valence-electron chi connectivity index (χ3n) is 1.94. The molecule has 1 aliphatic heterocycles. The fourth-order valence-corrected chi connectivity index (χ4v) is 1.22. The molecule has 4 heteroatoms. The smallest absolute Gasteiger partial charge is 0.278 e. The van der Waals surface area contributed by atoms with E-state index in [1.807, 2.05) is 0 Å². The maximum absolute atomic E-state index is 11.3. The Kier molecular flexibility index (Phi) is 2.49. The van der Waals surface area contributed by atoms with E-state index in [2.05, 4.69) is 6.58 Å². The molecule has 0 aliphatic carbocycles. The number of hydrogen-bond acceptors (Lipinski definition) is 3. The Balaban J connectivity index is 2.73. The highest BCUT2D eigenvalue weighted by atomic mass is 16.6. The second-order valence-electron chi connectivity index (χ2n) is 3.00. The van der Waals surface area contributed by atoms with E-state index in [0.717, 1.165) is 0 Å². The van der Waals surface area contributed by atoms with Gasteiger partial charge in [-0.3, -0.25) is 10.0 Å². The fraction of sp³-hybridized carbons (Fsp3) is 0.625. The van der Waals surface area contributed by atoms with Crippen LogP contribution >= 0.6 is 0 Å². The third kappa shape index (κ3) is 1.49. The summed E-state index contributed by atoms with van der Waals surface area (Å²) in [6, 6.07) is 0. The molecule has 68 valence electrons. The first-order chi connectivity index (χ1) is 5.60. The molecule has 1 rings (SSSR count). The molecule has 1 heterocycles. The van der Waals surface area contributed by atoms with Crippen molar-refractivity contribution in [2.45, 2.75) is 18.9 Å². The largest absolute Gasteiger partial charge is 0.363 e. The van der Waals surface area contributed by atoms with Gasteiger partial charge in [-0.15, -0.1) is 6.58 Å². The van der Waals surface area contributed by atoms with Gasteiger partial charge in [-0.05, 0) is 6.92 Å². The van der Waals surface area contributed by atoms with E-state index in [4.69, 9.17) is 9.94 Å². The third-order valence-corrected chi connectivity index (χ3v) is 1.94. The zero-order chi connectivity index (χ0) is 9.19. The molecule has 1 saturated heterocycles. The zero-order valence-corrected chi connectivity index (χ0v) is 7.12. The number of rotatable bonds is 2. The lowest BCUT2D eigenvalue weighted by atomic mass is 10.00. The first-order valence-electron chi connectivity index (χ1n) is 3.86. The van der Waals surface area contributed by atoms with Crippen LogP contribution < -0.4 is 0 Å². The number of hydrogen-bond donors (Lipinski definition) is 1. The summed E-state index contributed by atoms with van der Waals surface area (Å²) in [6.07, 6.45) is 2.03. The standard InChI is InChI=1S/C8H13NO3/c1-3-4-8(2)7(10)9(11)5-6-12-8/h3,11H,1,4-6H2,2H3/t8-/m0/s1. The van der Waals surface area contributed by atoms with E-state index in [1.165, 1.54) is 0 Å². The summed E-state index contributed by atoms with van der Waals surface area (Å²) < 4.78 is 5.27. The minimum absolute atomic E-state index is 0.242. The monoisotopic (exact) mass is 171 g/mol. The molecule has 0 unspecified atom stereocenters. The van der Waals surface area contributed by atoms with Crippen molar-refractivity contribution in [2.24, 2.45) is 0 Å². The lowest BCUT2D eigenvalue weighted by Gasteiger charge is -2.35. The quantitative estimate of drug-likeness (QED) is 0.488. The van der Waals surface area contributed by atoms with Crippen molar-refractivity contribution in [3.8, 4) is 0 Å². The Labute approximate surface area is 71.4 Å². The summed E-state index contributed by atoms with van der Waals surface area (Å²) >= 11 is 0. The molecule has 1 amide bonds. The van der Waals surface area contributed by atoms with E-state index in [1.54, 1.807) is 13.0 Å². The Morgan fingerprint density at radius 3 is 3.17 bits per heavy atom. The predicted molar refractivity (Wildman–Crippen MR) is 42.7 cm³/mol. The molecular weight excluding hydrogens is 158 g/mol. The molecule has 4 nitrogen and oxygen atoms in total. The second-order valence-corrected chi connectivity index (χ2v) is 3.00. The average Bonchev–Trinajstić information content (AvgIpc) is 2.01. The van der Waals surface area contributed by atoms with Gasteiger partial charge >= 0.3 is 0 Å². The van der Waals surface area contributed by atoms with E-state index in [9.17, 15) is 4.79 Å². The normalized spacial score (nSPS) is 30.5. The Morgan fingerprint density at radius 1 is 1.92 bits per heavy atom. The highest BCUT2D eigenvalue weighted by Crippen LogP contribution is 2.22. The van der Waals surface area contributed by atoms with Gasteiger partial charge in [0, 0.05) is 6.42 Å². The van der Waals surface area contributed by atoms with Gasteiger partial charge in [0.2, 0.25) is 0 Å². The van der Waals surface area contributed by atoms with Crippen LogP contribution in [-0.2, 0) is 9.53 Å². The van der Waals surface area contributed by atoms with Crippen molar-refractivity contribution in [1.29, 1.82) is 0 Å². The van der Waals surface area contributed by atoms with Crippen LogP contribution in [0, 0.1) is 0 Å². The minimum Gasteiger partial charge on any atom is -0.363 e. The zero-order valence-electron chi connectivity index (χ0n) is 7.12. The van der Waals surface area contributed by atoms with E-state index < -0.39 is 11.5 Å². The summed E-state index contributed by atoms with van der Waals surface area (Å²) in [6.45, 7) is 5.79. The maximum atomic E-state index is 11.3. The summed E-state index contributed by atoms with van der Waals surface area (Å²) in [5.74, 6) is -0.395. The van der Waals surface area contributed by atoms with Crippen LogP contribution in [-0.4, -0.2) is 34.9 Å². The molecule has 1 atom stereocenters. The van der Waals surface area contributed by atoms with Crippen molar-refractivity contribution < 1.29 is 14.7 Å². The molecule has 1 aliphatic rings. The molecule has 0 bridgehead atoms. The Hall–Kier alpha value is -0.870. The van der Waals surface area contributed by atoms with Crippen molar-refractivity contribution in [3.05, 3.63) is 12.7 Å². The van der Waals surface area contributed by atoms with Crippen LogP contribution in [0.4, 0.5) is 0 Å². The molecule has 0 aromatic heterocycles. The van der Waals surface area contributed by atoms with Gasteiger partial charge in [0.1, 0.15) is 5.60 Å². The Bertz CT molecular complexity index is 204. The highest BCUT2D eigenvalue weighted by molar-refractivity contribution is 5.84. The van der Waals surface area contributed by atoms with Crippen LogP contribution in [0.15, 0.2) is 12.7 Å². The van der Waals surface area contributed by atoms with Crippen molar-refractivity contribution in [3.63, 3.8) is 0 Å². The topological polar surface area (TPSA) is 49.8 Å². The number of carbonyl (C=O) groups is 1. The van der Waals surface area contributed by atoms with Crippen LogP contribution in [0.25, 0.3) is 0 Å². The summed E-state index contributed by atoms with van der Waals surface area (Å²) in [4.78, 5) is 11.3. The van der Waals surface area contributed by atoms with Crippen molar-refractivity contribution in [2.75, 3.05) is 13.2 Å². The lowest BCUT2D eigenvalue weighted by molar-refractivity contribution is -0.211. The molecule has 0 aromatic carbocycles. The molecule has 0 radical (unpaired) electrons. The number of carbonyl (C=O) groups excluding carboxylic acids is 1. The minimum atomic E-state index is -0.922. The highest BCUT2D eigenvalue weighted by Gasteiger charge is 2.39. The first-order valence-corrected chi connectivity index (χ1v) is 3.86. The molecule has 0 spiro atoms. The summed E-state index contributed by atoms with van der Waals surface area (Å²) in [7, 11) is 0. The molecule has 0 saturated carbocycles. The fourth-order valence-electron chi connectivity index (χ4n) is 1.22. The average molecular weight is 171 g/mol. The number of nitrogens with zero attached hydrogens (tertiary/aromatic N) is 1. The molecular formula is C8H13NO3. The van der Waals surface area contributed by atoms with Crippen molar-refractivity contribution in [1.82, 2.24) is 5.06 Å². The molecule has 12 heavy (non-hydrogen) atoms. The van der Waals surface area contributed by atoms with Gasteiger partial charge in [0.05, 0.1) is 13.2 Å². The second kappa shape index (κ2) is 3.25. The van der Waals surface area contributed by atoms with Crippen LogP contribution in [0.2, 0.25) is 0 Å². The van der Waals surface area contributed by atoms with Crippen molar-refractivity contribution >= 4 is 5.91 Å². The van der Waals surface area contributed by atoms with E-state index in [0.29, 0.717) is 18.1 Å². The number of hydroxylamine groups is 2. The van der Waals surface area contributed by atoms with Gasteiger partial charge in [0.15, 0.2) is 0 Å². The van der Waals surface area contributed by atoms with Crippen LogP contribution in [0.3, 0.4) is 0 Å². The van der Waals surface area contributed by atoms with Gasteiger partial charge in [-0.25, -0.2) is 5.06 Å². The Morgan fingerprint density at radius 2 is 2.58 bits per heavy atom. The summed E-state index contributed by atoms with van der Waals surface area (Å²) in [5.41, 5.74) is -0.922. The predicted octanol–water partition coefficient (Wildman–Crippen LogP) is 0.569. The first kappa shape index (κ1) is 9.22. The number of ether oxygens (including phenoxy) is 1. The maximum Gasteiger partial charge on any atom is 0.278 e. The van der Waals surface area contributed by atoms with Gasteiger partial charge < -0.3 is 4.74 Å². The summed E-state index contributed by atoms with van der Waals surface area (Å²) in [5, 5.41) is 9.81. The number of morpholine rings is 1. The van der Waals surface area contributed by atoms with E-state index in [-0.39, 0.29) is 6.54 Å². The van der Waals surface area contributed by atoms with Crippen LogP contribution in [0.5, 0.6) is 0 Å². The SMILES string of the molecule is C=CC[C@]1(C)OCCN(O)C1=O. The van der Waals surface area contributed by atoms with Gasteiger partial charge in [-0.1, -0.05) is 6.08 Å². The van der Waals surface area contributed by atoms with Crippen LogP contribution in [0.1, 0.15) is 13.3 Å². The van der Waals surface area contributed by atoms with E-state index >= 15 is 0 Å². The molecule has 1 fully saturated rings. The molecule has 1 N–H and O–H groups in total. The van der Waals surface area contributed by atoms with Gasteiger partial charge in [-0.2, -0.15) is 0 Å². The molecule has 0 aromatic rings.